The molecule has 0 spiro atoms. The predicted molar refractivity (Wildman–Crippen MR) is 79.3 cm³/mol. The van der Waals surface area contributed by atoms with Crippen LogP contribution in [0.5, 0.6) is 5.75 Å². The van der Waals surface area contributed by atoms with Gasteiger partial charge in [-0.15, -0.1) is 0 Å². The summed E-state index contributed by atoms with van der Waals surface area (Å²) < 4.78 is 5.16. The second kappa shape index (κ2) is 6.59. The van der Waals surface area contributed by atoms with Crippen LogP contribution in [0.4, 0.5) is 11.4 Å². The molecule has 0 aromatic heterocycles. The topological polar surface area (TPSA) is 64.4 Å². The minimum atomic E-state index is -0.346. The van der Waals surface area contributed by atoms with Crippen molar-refractivity contribution in [3.8, 4) is 5.75 Å². The molecule has 0 radical (unpaired) electrons. The minimum absolute atomic E-state index is 0.114. The maximum Gasteiger partial charge on any atom is 0.292 e. The molecule has 2 unspecified atom stereocenters. The van der Waals surface area contributed by atoms with E-state index in [9.17, 15) is 10.1 Å². The quantitative estimate of drug-likeness (QED) is 0.514. The zero-order valence-corrected chi connectivity index (χ0v) is 12.1. The summed E-state index contributed by atoms with van der Waals surface area (Å²) in [6, 6.07) is 5.15. The molecule has 110 valence electrons. The first-order chi connectivity index (χ1) is 9.60. The average Bonchev–Trinajstić information content (AvgIpc) is 2.63. The lowest BCUT2D eigenvalue weighted by atomic mass is 10.0. The second-order valence-electron chi connectivity index (χ2n) is 5.59. The van der Waals surface area contributed by atoms with Crippen molar-refractivity contribution in [2.24, 2.45) is 5.92 Å². The van der Waals surface area contributed by atoms with E-state index in [2.05, 4.69) is 12.2 Å². The first-order valence-electron chi connectivity index (χ1n) is 7.19. The summed E-state index contributed by atoms with van der Waals surface area (Å²) >= 11 is 0. The van der Waals surface area contributed by atoms with Gasteiger partial charge in [0.1, 0.15) is 11.4 Å². The number of hydrogen-bond donors (Lipinski definition) is 1. The fraction of sp³-hybridized carbons (Fsp3) is 0.600. The summed E-state index contributed by atoms with van der Waals surface area (Å²) in [4.78, 5) is 10.8. The number of nitro groups is 1. The fourth-order valence-corrected chi connectivity index (χ4v) is 2.77. The zero-order valence-electron chi connectivity index (χ0n) is 12.1. The largest absolute Gasteiger partial charge is 0.497 e. The van der Waals surface area contributed by atoms with Crippen LogP contribution >= 0.6 is 0 Å². The van der Waals surface area contributed by atoms with Gasteiger partial charge >= 0.3 is 0 Å². The number of nitrogens with one attached hydrogen (secondary N) is 1. The van der Waals surface area contributed by atoms with E-state index in [1.807, 2.05) is 0 Å². The maximum atomic E-state index is 11.1. The van der Waals surface area contributed by atoms with Crippen LogP contribution < -0.4 is 10.1 Å². The monoisotopic (exact) mass is 278 g/mol. The van der Waals surface area contributed by atoms with Crippen LogP contribution in [0.2, 0.25) is 0 Å². The van der Waals surface area contributed by atoms with Crippen LogP contribution in [-0.2, 0) is 0 Å². The summed E-state index contributed by atoms with van der Waals surface area (Å²) in [5.74, 6) is 1.39. The lowest BCUT2D eigenvalue weighted by Gasteiger charge is -2.18. The van der Waals surface area contributed by atoms with Gasteiger partial charge in [0.25, 0.3) is 5.69 Å². The third-order valence-corrected chi connectivity index (χ3v) is 4.02. The highest BCUT2D eigenvalue weighted by Crippen LogP contribution is 2.32. The predicted octanol–water partition coefficient (Wildman–Crippen LogP) is 3.98. The van der Waals surface area contributed by atoms with Crippen LogP contribution in [0.25, 0.3) is 0 Å². The molecule has 5 heteroatoms. The normalized spacial score (nSPS) is 22.9. The Hall–Kier alpha value is -1.78. The maximum absolute atomic E-state index is 11.1. The van der Waals surface area contributed by atoms with E-state index in [1.165, 1.54) is 25.3 Å². The molecule has 1 saturated carbocycles. The third kappa shape index (κ3) is 3.62. The summed E-state index contributed by atoms with van der Waals surface area (Å²) in [6.45, 7) is 2.27. The molecule has 2 atom stereocenters. The molecule has 1 aliphatic rings. The molecule has 0 heterocycles. The van der Waals surface area contributed by atoms with E-state index in [0.717, 1.165) is 18.8 Å². The van der Waals surface area contributed by atoms with Crippen LogP contribution in [0, 0.1) is 16.0 Å². The van der Waals surface area contributed by atoms with Gasteiger partial charge in [-0.3, -0.25) is 10.1 Å². The lowest BCUT2D eigenvalue weighted by Crippen LogP contribution is -2.19. The van der Waals surface area contributed by atoms with Crippen LogP contribution in [0.1, 0.15) is 39.0 Å². The molecule has 1 aromatic rings. The third-order valence-electron chi connectivity index (χ3n) is 4.02. The number of hydrogen-bond acceptors (Lipinski definition) is 4. The van der Waals surface area contributed by atoms with Crippen molar-refractivity contribution in [2.45, 2.75) is 45.1 Å². The minimum Gasteiger partial charge on any atom is -0.497 e. The highest BCUT2D eigenvalue weighted by Gasteiger charge is 2.20. The Morgan fingerprint density at radius 1 is 1.30 bits per heavy atom. The second-order valence-corrected chi connectivity index (χ2v) is 5.59. The van der Waals surface area contributed by atoms with Gasteiger partial charge in [-0.1, -0.05) is 19.8 Å². The Balaban J connectivity index is 2.16. The fourth-order valence-electron chi connectivity index (χ4n) is 2.77. The highest BCUT2D eigenvalue weighted by molar-refractivity contribution is 5.64. The summed E-state index contributed by atoms with van der Waals surface area (Å²) in [6.07, 6.45) is 5.73. The van der Waals surface area contributed by atoms with Gasteiger partial charge in [-0.2, -0.15) is 0 Å². The van der Waals surface area contributed by atoms with E-state index in [-0.39, 0.29) is 10.6 Å². The average molecular weight is 278 g/mol. The van der Waals surface area contributed by atoms with Crippen LogP contribution in [0.3, 0.4) is 0 Å². The van der Waals surface area contributed by atoms with Gasteiger partial charge < -0.3 is 10.1 Å². The molecule has 0 aliphatic heterocycles. The van der Waals surface area contributed by atoms with Crippen molar-refractivity contribution in [1.82, 2.24) is 0 Å². The number of methoxy groups -OCH3 is 1. The molecule has 2 rings (SSSR count). The van der Waals surface area contributed by atoms with Gasteiger partial charge in [-0.05, 0) is 31.2 Å². The molecule has 1 aromatic carbocycles. The summed E-state index contributed by atoms with van der Waals surface area (Å²) in [5, 5.41) is 14.5. The van der Waals surface area contributed by atoms with Gasteiger partial charge in [0.15, 0.2) is 0 Å². The molecule has 1 aliphatic carbocycles. The van der Waals surface area contributed by atoms with Crippen molar-refractivity contribution < 1.29 is 9.66 Å². The molecule has 0 saturated heterocycles. The van der Waals surface area contributed by atoms with Crippen molar-refractivity contribution >= 4 is 11.4 Å². The first-order valence-corrected chi connectivity index (χ1v) is 7.19. The molecular formula is C15H22N2O3. The van der Waals surface area contributed by atoms with Crippen molar-refractivity contribution in [2.75, 3.05) is 12.4 Å². The Bertz CT molecular complexity index is 476. The Morgan fingerprint density at radius 2 is 2.10 bits per heavy atom. The number of ether oxygens (including phenoxy) is 1. The first kappa shape index (κ1) is 14.6. The van der Waals surface area contributed by atoms with Crippen LogP contribution in [0.15, 0.2) is 18.2 Å². The molecule has 20 heavy (non-hydrogen) atoms. The van der Waals surface area contributed by atoms with Gasteiger partial charge in [-0.25, -0.2) is 0 Å². The Morgan fingerprint density at radius 3 is 2.80 bits per heavy atom. The smallest absolute Gasteiger partial charge is 0.292 e. The lowest BCUT2D eigenvalue weighted by molar-refractivity contribution is -0.384. The number of rotatable bonds is 4. The summed E-state index contributed by atoms with van der Waals surface area (Å²) in [5.41, 5.74) is 0.678. The van der Waals surface area contributed by atoms with Gasteiger partial charge in [0.05, 0.1) is 12.0 Å². The highest BCUT2D eigenvalue weighted by atomic mass is 16.6. The molecule has 0 bridgehead atoms. The van der Waals surface area contributed by atoms with E-state index in [1.54, 1.807) is 19.2 Å². The van der Waals surface area contributed by atoms with E-state index in [0.29, 0.717) is 17.5 Å². The van der Waals surface area contributed by atoms with E-state index in [4.69, 9.17) is 4.74 Å². The number of nitro benzene ring substituents is 1. The Kier molecular flexibility index (Phi) is 4.82. The van der Waals surface area contributed by atoms with Gasteiger partial charge in [0, 0.05) is 18.2 Å². The standard InChI is InChI=1S/C15H22N2O3/c1-11-4-3-5-12(7-6-11)16-14-10-13(20-2)8-9-15(14)17(18)19/h8-12,16H,3-7H2,1-2H3. The van der Waals surface area contributed by atoms with Crippen molar-refractivity contribution in [3.05, 3.63) is 28.3 Å². The van der Waals surface area contributed by atoms with E-state index >= 15 is 0 Å². The Labute approximate surface area is 119 Å². The SMILES string of the molecule is COc1ccc([N+](=O)[O-])c(NC2CCCC(C)CC2)c1. The van der Waals surface area contributed by atoms with Crippen molar-refractivity contribution in [3.63, 3.8) is 0 Å². The van der Waals surface area contributed by atoms with Gasteiger partial charge in [0.2, 0.25) is 0 Å². The molecule has 0 amide bonds. The number of anilines is 1. The molecule has 5 nitrogen and oxygen atoms in total. The van der Waals surface area contributed by atoms with E-state index < -0.39 is 0 Å². The zero-order chi connectivity index (χ0) is 14.5. The van der Waals surface area contributed by atoms with Crippen LogP contribution in [-0.4, -0.2) is 18.1 Å². The molecule has 1 N–H and O–H groups in total. The number of nitrogens with zero attached hydrogens (tertiary/aromatic N) is 1. The molecular weight excluding hydrogens is 256 g/mol. The summed E-state index contributed by atoms with van der Waals surface area (Å²) in [7, 11) is 1.57. The molecule has 1 fully saturated rings. The number of benzene rings is 1. The van der Waals surface area contributed by atoms with Crippen molar-refractivity contribution in [1.29, 1.82) is 0 Å².